The molecule has 0 saturated heterocycles. The van der Waals surface area contributed by atoms with Gasteiger partial charge in [0.1, 0.15) is 5.75 Å². The fraction of sp³-hybridized carbons (Fsp3) is 0.143. The lowest BCUT2D eigenvalue weighted by molar-refractivity contribution is 0.477. The average Bonchev–Trinajstić information content (AvgIpc) is 2.32. The van der Waals surface area contributed by atoms with Crippen molar-refractivity contribution in [2.75, 3.05) is 5.73 Å². The summed E-state index contributed by atoms with van der Waals surface area (Å²) in [6.45, 7) is 2.02. The zero-order chi connectivity index (χ0) is 11.5. The molecule has 0 saturated carbocycles. The van der Waals surface area contributed by atoms with Gasteiger partial charge in [0.25, 0.3) is 0 Å². The Morgan fingerprint density at radius 2 is 1.81 bits per heavy atom. The average molecular weight is 213 g/mol. The van der Waals surface area contributed by atoms with Crippen LogP contribution in [0.1, 0.15) is 12.5 Å². The Bertz CT molecular complexity index is 492. The van der Waals surface area contributed by atoms with Crippen LogP contribution in [0.4, 0.5) is 5.69 Å². The summed E-state index contributed by atoms with van der Waals surface area (Å²) in [6, 6.07) is 13.3. The third-order valence-corrected chi connectivity index (χ3v) is 2.72. The van der Waals surface area contributed by atoms with Gasteiger partial charge in [0.15, 0.2) is 0 Å². The van der Waals surface area contributed by atoms with Crippen molar-refractivity contribution in [1.29, 1.82) is 0 Å². The number of aryl methyl sites for hydroxylation is 1. The van der Waals surface area contributed by atoms with Gasteiger partial charge in [0.2, 0.25) is 0 Å². The topological polar surface area (TPSA) is 46.2 Å². The molecule has 0 unspecified atom stereocenters. The summed E-state index contributed by atoms with van der Waals surface area (Å²) in [6.07, 6.45) is 0.828. The fourth-order valence-electron chi connectivity index (χ4n) is 1.80. The van der Waals surface area contributed by atoms with Crippen LogP contribution < -0.4 is 5.73 Å². The van der Waals surface area contributed by atoms with Gasteiger partial charge >= 0.3 is 0 Å². The van der Waals surface area contributed by atoms with Crippen LogP contribution >= 0.6 is 0 Å². The summed E-state index contributed by atoms with van der Waals surface area (Å²) in [4.78, 5) is 0. The van der Waals surface area contributed by atoms with Crippen LogP contribution in [0, 0.1) is 0 Å². The molecule has 2 aromatic rings. The minimum Gasteiger partial charge on any atom is -0.507 e. The molecule has 16 heavy (non-hydrogen) atoms. The Morgan fingerprint density at radius 3 is 2.44 bits per heavy atom. The highest BCUT2D eigenvalue weighted by Gasteiger charge is 2.07. The maximum absolute atomic E-state index is 9.94. The van der Waals surface area contributed by atoms with E-state index in [0.717, 1.165) is 28.8 Å². The summed E-state index contributed by atoms with van der Waals surface area (Å²) in [7, 11) is 0. The number of nitrogens with two attached hydrogens (primary N) is 1. The molecule has 0 fully saturated rings. The van der Waals surface area contributed by atoms with E-state index in [1.807, 2.05) is 43.3 Å². The molecule has 0 aliphatic carbocycles. The standard InChI is InChI=1S/C14H15NO/c1-2-10-8-14(16)12(9-13(10)15)11-6-4-3-5-7-11/h3-9,16H,2,15H2,1H3. The fourth-order valence-corrected chi connectivity index (χ4v) is 1.80. The third-order valence-electron chi connectivity index (χ3n) is 2.72. The Hall–Kier alpha value is -1.96. The van der Waals surface area contributed by atoms with Crippen LogP contribution in [0.3, 0.4) is 0 Å². The maximum Gasteiger partial charge on any atom is 0.123 e. The van der Waals surface area contributed by atoms with Crippen molar-refractivity contribution in [3.63, 3.8) is 0 Å². The molecule has 82 valence electrons. The summed E-state index contributed by atoms with van der Waals surface area (Å²) in [5.41, 5.74) is 9.41. The van der Waals surface area contributed by atoms with Gasteiger partial charge in [-0.15, -0.1) is 0 Å². The van der Waals surface area contributed by atoms with Crippen molar-refractivity contribution in [2.24, 2.45) is 0 Å². The van der Waals surface area contributed by atoms with E-state index >= 15 is 0 Å². The van der Waals surface area contributed by atoms with Crippen molar-refractivity contribution in [3.8, 4) is 16.9 Å². The molecule has 2 nitrogen and oxygen atoms in total. The summed E-state index contributed by atoms with van der Waals surface area (Å²) >= 11 is 0. The quantitative estimate of drug-likeness (QED) is 0.594. The molecule has 0 aliphatic heterocycles. The van der Waals surface area contributed by atoms with Gasteiger partial charge < -0.3 is 10.8 Å². The van der Waals surface area contributed by atoms with Crippen LogP contribution in [0.25, 0.3) is 11.1 Å². The van der Waals surface area contributed by atoms with Crippen molar-refractivity contribution < 1.29 is 5.11 Å². The highest BCUT2D eigenvalue weighted by atomic mass is 16.3. The minimum absolute atomic E-state index is 0.289. The van der Waals surface area contributed by atoms with Gasteiger partial charge in [-0.25, -0.2) is 0 Å². The number of hydrogen-bond donors (Lipinski definition) is 2. The van der Waals surface area contributed by atoms with Gasteiger partial charge in [-0.2, -0.15) is 0 Å². The monoisotopic (exact) mass is 213 g/mol. The molecule has 2 aromatic carbocycles. The minimum atomic E-state index is 0.289. The SMILES string of the molecule is CCc1cc(O)c(-c2ccccc2)cc1N. The number of phenolic OH excluding ortho intramolecular Hbond substituents is 1. The predicted molar refractivity (Wildman–Crippen MR) is 67.3 cm³/mol. The normalized spacial score (nSPS) is 10.3. The van der Waals surface area contributed by atoms with E-state index in [9.17, 15) is 5.11 Å². The molecule has 2 heteroatoms. The number of phenols is 1. The first-order valence-corrected chi connectivity index (χ1v) is 5.39. The Kier molecular flexibility index (Phi) is 2.82. The molecule has 2 rings (SSSR count). The highest BCUT2D eigenvalue weighted by Crippen LogP contribution is 2.33. The second kappa shape index (κ2) is 4.27. The van der Waals surface area contributed by atoms with Crippen molar-refractivity contribution >= 4 is 5.69 Å². The Labute approximate surface area is 95.4 Å². The van der Waals surface area contributed by atoms with Crippen molar-refractivity contribution in [3.05, 3.63) is 48.0 Å². The molecule has 0 amide bonds. The first-order valence-electron chi connectivity index (χ1n) is 5.39. The lowest BCUT2D eigenvalue weighted by Crippen LogP contribution is -1.93. The molecule has 0 bridgehead atoms. The zero-order valence-electron chi connectivity index (χ0n) is 9.27. The second-order valence-corrected chi connectivity index (χ2v) is 3.79. The molecule has 0 heterocycles. The Balaban J connectivity index is 2.55. The first kappa shape index (κ1) is 10.6. The van der Waals surface area contributed by atoms with Gasteiger partial charge in [-0.1, -0.05) is 37.3 Å². The number of benzene rings is 2. The maximum atomic E-state index is 9.94. The van der Waals surface area contributed by atoms with E-state index in [-0.39, 0.29) is 5.75 Å². The predicted octanol–water partition coefficient (Wildman–Crippen LogP) is 3.20. The molecule has 0 aliphatic rings. The summed E-state index contributed by atoms with van der Waals surface area (Å²) < 4.78 is 0. The van der Waals surface area contributed by atoms with E-state index in [2.05, 4.69) is 0 Å². The highest BCUT2D eigenvalue weighted by molar-refractivity contribution is 5.75. The first-order chi connectivity index (χ1) is 7.72. The van der Waals surface area contributed by atoms with Crippen LogP contribution in [-0.2, 0) is 6.42 Å². The van der Waals surface area contributed by atoms with Crippen molar-refractivity contribution in [2.45, 2.75) is 13.3 Å². The van der Waals surface area contributed by atoms with Gasteiger partial charge in [0, 0.05) is 11.3 Å². The summed E-state index contributed by atoms with van der Waals surface area (Å²) in [5.74, 6) is 0.289. The van der Waals surface area contributed by atoms with Crippen LogP contribution in [0.5, 0.6) is 5.75 Å². The molecular weight excluding hydrogens is 198 g/mol. The van der Waals surface area contributed by atoms with Crippen LogP contribution in [0.15, 0.2) is 42.5 Å². The number of rotatable bonds is 2. The molecule has 0 radical (unpaired) electrons. The van der Waals surface area contributed by atoms with E-state index < -0.39 is 0 Å². The molecular formula is C14H15NO. The molecule has 3 N–H and O–H groups in total. The number of nitrogen functional groups attached to an aromatic ring is 1. The smallest absolute Gasteiger partial charge is 0.123 e. The summed E-state index contributed by atoms with van der Waals surface area (Å²) in [5, 5.41) is 9.94. The van der Waals surface area contributed by atoms with Crippen LogP contribution in [0.2, 0.25) is 0 Å². The molecule has 0 spiro atoms. The van der Waals surface area contributed by atoms with Gasteiger partial charge in [-0.05, 0) is 29.7 Å². The lowest BCUT2D eigenvalue weighted by Gasteiger charge is -2.09. The third kappa shape index (κ3) is 1.87. The van der Waals surface area contributed by atoms with E-state index in [1.54, 1.807) is 6.07 Å². The second-order valence-electron chi connectivity index (χ2n) is 3.79. The van der Waals surface area contributed by atoms with E-state index in [1.165, 1.54) is 0 Å². The molecule has 0 atom stereocenters. The van der Waals surface area contributed by atoms with Crippen molar-refractivity contribution in [1.82, 2.24) is 0 Å². The number of hydrogen-bond acceptors (Lipinski definition) is 2. The Morgan fingerprint density at radius 1 is 1.12 bits per heavy atom. The molecule has 0 aromatic heterocycles. The largest absolute Gasteiger partial charge is 0.507 e. The number of anilines is 1. The number of aromatic hydroxyl groups is 1. The van der Waals surface area contributed by atoms with E-state index in [4.69, 9.17) is 5.73 Å². The zero-order valence-corrected chi connectivity index (χ0v) is 9.27. The van der Waals surface area contributed by atoms with E-state index in [0.29, 0.717) is 0 Å². The van der Waals surface area contributed by atoms with Gasteiger partial charge in [-0.3, -0.25) is 0 Å². The van der Waals surface area contributed by atoms with Crippen LogP contribution in [-0.4, -0.2) is 5.11 Å². The van der Waals surface area contributed by atoms with Gasteiger partial charge in [0.05, 0.1) is 0 Å². The lowest BCUT2D eigenvalue weighted by atomic mass is 10.0.